The van der Waals surface area contributed by atoms with Crippen molar-refractivity contribution in [3.8, 4) is 16.9 Å². The molecule has 4 aromatic rings. The van der Waals surface area contributed by atoms with Crippen LogP contribution in [0.15, 0.2) is 78.1 Å². The maximum absolute atomic E-state index is 13.5. The number of allylic oxidation sites excluding steroid dienone is 2. The largest absolute Gasteiger partial charge is 0.462 e. The van der Waals surface area contributed by atoms with Crippen LogP contribution in [0.25, 0.3) is 16.9 Å². The lowest BCUT2D eigenvalue weighted by molar-refractivity contribution is -0.116. The topological polar surface area (TPSA) is 73.2 Å². The summed E-state index contributed by atoms with van der Waals surface area (Å²) in [6.07, 6.45) is 4.19. The molecule has 186 valence electrons. The van der Waals surface area contributed by atoms with Crippen LogP contribution in [0.3, 0.4) is 0 Å². The first-order chi connectivity index (χ1) is 18.1. The van der Waals surface area contributed by atoms with Crippen LogP contribution in [0.5, 0.6) is 0 Å². The average molecular weight is 510 g/mol. The van der Waals surface area contributed by atoms with Crippen LogP contribution in [0.2, 0.25) is 0 Å². The number of nitrogens with zero attached hydrogens (tertiary/aromatic N) is 2. The summed E-state index contributed by atoms with van der Waals surface area (Å²) in [5.74, 6) is -0.502. The summed E-state index contributed by atoms with van der Waals surface area (Å²) < 4.78 is 7.26. The molecule has 0 spiro atoms. The molecule has 1 N–H and O–H groups in total. The van der Waals surface area contributed by atoms with E-state index in [0.717, 1.165) is 62.7 Å². The third kappa shape index (κ3) is 4.00. The summed E-state index contributed by atoms with van der Waals surface area (Å²) >= 11 is 1.41. The fourth-order valence-corrected chi connectivity index (χ4v) is 6.58. The second-order valence-electron chi connectivity index (χ2n) is 9.33. The predicted octanol–water partition coefficient (Wildman–Crippen LogP) is 6.65. The Bertz CT molecular complexity index is 1530. The molecular formula is C30H27N3O3S. The number of benzene rings is 2. The molecule has 0 fully saturated rings. The van der Waals surface area contributed by atoms with Gasteiger partial charge in [-0.25, -0.2) is 9.48 Å². The number of carbonyl (C=O) groups excluding carboxylic acids is 2. The highest BCUT2D eigenvalue weighted by Gasteiger charge is 2.40. The van der Waals surface area contributed by atoms with Gasteiger partial charge in [-0.1, -0.05) is 48.5 Å². The number of anilines is 1. The Balaban J connectivity index is 1.62. The molecule has 0 saturated heterocycles. The third-order valence-corrected chi connectivity index (χ3v) is 8.28. The molecule has 0 unspecified atom stereocenters. The molecule has 2 aromatic heterocycles. The highest BCUT2D eigenvalue weighted by molar-refractivity contribution is 7.18. The molecule has 37 heavy (non-hydrogen) atoms. The van der Waals surface area contributed by atoms with Gasteiger partial charge in [0.15, 0.2) is 5.78 Å². The van der Waals surface area contributed by atoms with E-state index in [4.69, 9.17) is 9.84 Å². The zero-order chi connectivity index (χ0) is 25.5. The van der Waals surface area contributed by atoms with Crippen LogP contribution in [0, 0.1) is 6.92 Å². The molecule has 1 atom stereocenters. The van der Waals surface area contributed by atoms with Crippen LogP contribution in [0.4, 0.5) is 5.00 Å². The summed E-state index contributed by atoms with van der Waals surface area (Å²) in [7, 11) is 0. The van der Waals surface area contributed by atoms with Gasteiger partial charge in [0, 0.05) is 46.5 Å². The first kappa shape index (κ1) is 23.4. The second-order valence-corrected chi connectivity index (χ2v) is 10.3. The van der Waals surface area contributed by atoms with Crippen LogP contribution < -0.4 is 5.32 Å². The van der Waals surface area contributed by atoms with Crippen molar-refractivity contribution >= 4 is 28.1 Å². The van der Waals surface area contributed by atoms with Crippen molar-refractivity contribution in [1.29, 1.82) is 0 Å². The molecule has 2 aromatic carbocycles. The molecule has 6 nitrogen and oxygen atoms in total. The van der Waals surface area contributed by atoms with E-state index >= 15 is 0 Å². The fourth-order valence-electron chi connectivity index (χ4n) is 5.41. The number of rotatable bonds is 5. The number of hydrogen-bond donors (Lipinski definition) is 1. The molecular weight excluding hydrogens is 482 g/mol. The number of ether oxygens (including phenoxy) is 1. The van der Waals surface area contributed by atoms with Crippen molar-refractivity contribution in [1.82, 2.24) is 9.78 Å². The van der Waals surface area contributed by atoms with Crippen LogP contribution >= 0.6 is 11.3 Å². The van der Waals surface area contributed by atoms with E-state index in [1.165, 1.54) is 11.3 Å². The number of para-hydroxylation sites is 1. The SMILES string of the molecule is CCOC(=O)c1sc2c(c1C)[C@H](c1cn(-c3ccccc3)nc1-c1ccccc1)C1=C(CCCC1=O)N2. The van der Waals surface area contributed by atoms with E-state index in [1.54, 1.807) is 0 Å². The summed E-state index contributed by atoms with van der Waals surface area (Å²) in [4.78, 5) is 26.9. The number of hydrogen-bond acceptors (Lipinski definition) is 6. The van der Waals surface area contributed by atoms with Crippen molar-refractivity contribution < 1.29 is 14.3 Å². The van der Waals surface area contributed by atoms with Crippen molar-refractivity contribution in [2.24, 2.45) is 0 Å². The van der Waals surface area contributed by atoms with Crippen LogP contribution in [-0.2, 0) is 9.53 Å². The molecule has 1 aliphatic heterocycles. The Labute approximate surface area is 219 Å². The van der Waals surface area contributed by atoms with Gasteiger partial charge in [-0.3, -0.25) is 4.79 Å². The molecule has 7 heteroatoms. The van der Waals surface area contributed by atoms with E-state index in [9.17, 15) is 9.59 Å². The van der Waals surface area contributed by atoms with Crippen molar-refractivity contribution in [2.75, 3.05) is 11.9 Å². The highest BCUT2D eigenvalue weighted by atomic mass is 32.1. The van der Waals surface area contributed by atoms with Crippen LogP contribution in [0.1, 0.15) is 58.5 Å². The van der Waals surface area contributed by atoms with Gasteiger partial charge in [-0.2, -0.15) is 5.10 Å². The second kappa shape index (κ2) is 9.48. The van der Waals surface area contributed by atoms with E-state index < -0.39 is 0 Å². The molecule has 3 heterocycles. The van der Waals surface area contributed by atoms with Gasteiger partial charge in [0.2, 0.25) is 0 Å². The number of fused-ring (bicyclic) bond motifs is 1. The normalized spacial score (nSPS) is 16.7. The van der Waals surface area contributed by atoms with Gasteiger partial charge < -0.3 is 10.1 Å². The monoisotopic (exact) mass is 509 g/mol. The fraction of sp³-hybridized carbons (Fsp3) is 0.233. The lowest BCUT2D eigenvalue weighted by Gasteiger charge is -2.32. The molecule has 0 bridgehead atoms. The smallest absolute Gasteiger partial charge is 0.348 e. The number of esters is 1. The number of aromatic nitrogens is 2. The van der Waals surface area contributed by atoms with Crippen LogP contribution in [-0.4, -0.2) is 28.1 Å². The molecule has 2 aliphatic rings. The van der Waals surface area contributed by atoms with E-state index in [0.29, 0.717) is 17.9 Å². The van der Waals surface area contributed by atoms with Crippen molar-refractivity contribution in [2.45, 2.75) is 39.0 Å². The average Bonchev–Trinajstić information content (AvgIpc) is 3.51. The van der Waals surface area contributed by atoms with Gasteiger partial charge in [0.05, 0.1) is 23.0 Å². The summed E-state index contributed by atoms with van der Waals surface area (Å²) in [6, 6.07) is 20.1. The van der Waals surface area contributed by atoms with Gasteiger partial charge >= 0.3 is 5.97 Å². The number of ketones is 1. The number of thiophene rings is 1. The van der Waals surface area contributed by atoms with Crippen molar-refractivity contribution in [3.63, 3.8) is 0 Å². The van der Waals surface area contributed by atoms with Gasteiger partial charge in [0.1, 0.15) is 4.88 Å². The Kier molecular flexibility index (Phi) is 6.00. The Morgan fingerprint density at radius 2 is 1.84 bits per heavy atom. The van der Waals surface area contributed by atoms with Gasteiger partial charge in [-0.15, -0.1) is 11.3 Å². The number of Topliss-reactive ketones (excluding diaryl/α,β-unsaturated/α-hetero) is 1. The Hall–Kier alpha value is -3.97. The third-order valence-electron chi connectivity index (χ3n) is 7.07. The molecule has 0 amide bonds. The van der Waals surface area contributed by atoms with Crippen molar-refractivity contribution in [3.05, 3.63) is 99.7 Å². The maximum atomic E-state index is 13.5. The van der Waals surface area contributed by atoms with E-state index in [-0.39, 0.29) is 17.7 Å². The maximum Gasteiger partial charge on any atom is 0.348 e. The Morgan fingerprint density at radius 1 is 1.11 bits per heavy atom. The standard InChI is InChI=1S/C30H27N3O3S/c1-3-36-30(35)28-18(2)24-25(26-22(31-29(24)37-28)15-10-16-23(26)34)21-17-33(20-13-8-5-9-14-20)32-27(21)19-11-6-4-7-12-19/h4-9,11-14,17,25,31H,3,10,15-16H2,1-2H3/t25-/m0/s1. The minimum atomic E-state index is -0.328. The first-order valence-electron chi connectivity index (χ1n) is 12.6. The summed E-state index contributed by atoms with van der Waals surface area (Å²) in [6.45, 7) is 4.08. The minimum Gasteiger partial charge on any atom is -0.462 e. The highest BCUT2D eigenvalue weighted by Crippen LogP contribution is 2.52. The summed E-state index contributed by atoms with van der Waals surface area (Å²) in [5.41, 5.74) is 7.28. The minimum absolute atomic E-state index is 0.152. The van der Waals surface area contributed by atoms with Gasteiger partial charge in [-0.05, 0) is 44.4 Å². The van der Waals surface area contributed by atoms with E-state index in [2.05, 4.69) is 5.32 Å². The molecule has 0 saturated carbocycles. The molecule has 0 radical (unpaired) electrons. The van der Waals surface area contributed by atoms with E-state index in [1.807, 2.05) is 85.4 Å². The zero-order valence-corrected chi connectivity index (χ0v) is 21.6. The first-order valence-corrected chi connectivity index (χ1v) is 13.4. The molecule has 6 rings (SSSR count). The number of nitrogens with one attached hydrogen (secondary N) is 1. The Morgan fingerprint density at radius 3 is 2.57 bits per heavy atom. The summed E-state index contributed by atoms with van der Waals surface area (Å²) in [5, 5.41) is 9.47. The quantitative estimate of drug-likeness (QED) is 0.305. The lowest BCUT2D eigenvalue weighted by Crippen LogP contribution is -2.26. The zero-order valence-electron chi connectivity index (χ0n) is 20.8. The number of carbonyl (C=O) groups is 2. The lowest BCUT2D eigenvalue weighted by atomic mass is 9.75. The molecule has 1 aliphatic carbocycles. The van der Waals surface area contributed by atoms with Gasteiger partial charge in [0.25, 0.3) is 0 Å². The predicted molar refractivity (Wildman–Crippen MR) is 145 cm³/mol.